The van der Waals surface area contributed by atoms with Gasteiger partial charge >= 0.3 is 12.0 Å². The van der Waals surface area contributed by atoms with E-state index in [1.807, 2.05) is 14.1 Å². The quantitative estimate of drug-likeness (QED) is 0.656. The van der Waals surface area contributed by atoms with E-state index in [9.17, 15) is 0 Å². The van der Waals surface area contributed by atoms with Crippen molar-refractivity contribution < 1.29 is 9.47 Å². The lowest BCUT2D eigenvalue weighted by atomic mass is 10.8. The third-order valence-corrected chi connectivity index (χ3v) is 1.35. The lowest BCUT2D eigenvalue weighted by Gasteiger charge is -2.10. The monoisotopic (exact) mass is 184 g/mol. The Morgan fingerprint density at radius 1 is 0.923 bits per heavy atom. The summed E-state index contributed by atoms with van der Waals surface area (Å²) in [6.07, 6.45) is 0. The predicted molar refractivity (Wildman–Crippen MR) is 47.3 cm³/mol. The molecule has 0 aromatic carbocycles. The van der Waals surface area contributed by atoms with Crippen molar-refractivity contribution in [2.24, 2.45) is 0 Å². The molecule has 0 aliphatic carbocycles. The third kappa shape index (κ3) is 2.17. The Morgan fingerprint density at radius 3 is 1.69 bits per heavy atom. The molecule has 1 rings (SSSR count). The molecule has 0 atom stereocenters. The molecule has 0 bridgehead atoms. The van der Waals surface area contributed by atoms with E-state index in [0.717, 1.165) is 0 Å². The molecule has 1 heterocycles. The second-order valence-corrected chi connectivity index (χ2v) is 2.50. The maximum atomic E-state index is 4.88. The third-order valence-electron chi connectivity index (χ3n) is 1.35. The largest absolute Gasteiger partial charge is 0.467 e. The molecule has 1 aromatic rings. The number of hydrogen-bond donors (Lipinski definition) is 0. The lowest BCUT2D eigenvalue weighted by Crippen LogP contribution is -2.14. The van der Waals surface area contributed by atoms with Crippen LogP contribution in [0.4, 0.5) is 5.95 Å². The maximum absolute atomic E-state index is 4.88. The Morgan fingerprint density at radius 2 is 1.38 bits per heavy atom. The Balaban J connectivity index is 3.07. The molecule has 0 fully saturated rings. The first kappa shape index (κ1) is 9.50. The van der Waals surface area contributed by atoms with Gasteiger partial charge in [-0.05, 0) is 0 Å². The van der Waals surface area contributed by atoms with Crippen molar-refractivity contribution in [3.05, 3.63) is 0 Å². The maximum Gasteiger partial charge on any atom is 0.324 e. The smallest absolute Gasteiger partial charge is 0.324 e. The van der Waals surface area contributed by atoms with E-state index < -0.39 is 0 Å². The van der Waals surface area contributed by atoms with E-state index in [1.54, 1.807) is 4.90 Å². The molecular weight excluding hydrogens is 172 g/mol. The van der Waals surface area contributed by atoms with E-state index in [-0.39, 0.29) is 12.0 Å². The number of rotatable bonds is 3. The van der Waals surface area contributed by atoms with Crippen LogP contribution in [-0.2, 0) is 0 Å². The summed E-state index contributed by atoms with van der Waals surface area (Å²) in [7, 11) is 6.64. The minimum Gasteiger partial charge on any atom is -0.467 e. The van der Waals surface area contributed by atoms with Gasteiger partial charge in [-0.15, -0.1) is 4.98 Å². The first-order valence-electron chi connectivity index (χ1n) is 3.68. The zero-order chi connectivity index (χ0) is 9.84. The number of hydrogen-bond acceptors (Lipinski definition) is 6. The van der Waals surface area contributed by atoms with Crippen molar-refractivity contribution in [3.63, 3.8) is 0 Å². The Labute approximate surface area is 76.5 Å². The van der Waals surface area contributed by atoms with Crippen LogP contribution >= 0.6 is 0 Å². The molecule has 0 aliphatic rings. The van der Waals surface area contributed by atoms with Crippen molar-refractivity contribution in [2.75, 3.05) is 33.2 Å². The summed E-state index contributed by atoms with van der Waals surface area (Å²) in [6.45, 7) is 0. The normalized spacial score (nSPS) is 9.54. The van der Waals surface area contributed by atoms with Crippen molar-refractivity contribution in [3.8, 4) is 12.0 Å². The molecule has 6 heteroatoms. The van der Waals surface area contributed by atoms with Crippen LogP contribution < -0.4 is 14.4 Å². The van der Waals surface area contributed by atoms with Crippen molar-refractivity contribution in [1.29, 1.82) is 0 Å². The summed E-state index contributed by atoms with van der Waals surface area (Å²) in [5, 5.41) is 0. The van der Waals surface area contributed by atoms with Gasteiger partial charge in [-0.2, -0.15) is 9.97 Å². The number of aromatic nitrogens is 3. The average molecular weight is 184 g/mol. The average Bonchev–Trinajstić information content (AvgIpc) is 2.16. The summed E-state index contributed by atoms with van der Waals surface area (Å²) in [6, 6.07) is 0.492. The van der Waals surface area contributed by atoms with Crippen LogP contribution in [0.5, 0.6) is 12.0 Å². The topological polar surface area (TPSA) is 60.4 Å². The van der Waals surface area contributed by atoms with Crippen LogP contribution in [0, 0.1) is 0 Å². The molecule has 0 aliphatic heterocycles. The zero-order valence-electron chi connectivity index (χ0n) is 8.11. The molecule has 0 radical (unpaired) electrons. The van der Waals surface area contributed by atoms with Crippen molar-refractivity contribution in [1.82, 2.24) is 15.0 Å². The molecule has 0 amide bonds. The van der Waals surface area contributed by atoms with Crippen LogP contribution in [0.15, 0.2) is 0 Å². The highest BCUT2D eigenvalue weighted by molar-refractivity contribution is 5.29. The number of methoxy groups -OCH3 is 2. The molecule has 0 spiro atoms. The van der Waals surface area contributed by atoms with E-state index in [2.05, 4.69) is 15.0 Å². The summed E-state index contributed by atoms with van der Waals surface area (Å²) in [5.74, 6) is 0.503. The molecule has 72 valence electrons. The Bertz CT molecular complexity index is 268. The number of anilines is 1. The highest BCUT2D eigenvalue weighted by Crippen LogP contribution is 2.13. The summed E-state index contributed by atoms with van der Waals surface area (Å²) < 4.78 is 9.76. The minimum absolute atomic E-state index is 0.246. The summed E-state index contributed by atoms with van der Waals surface area (Å²) in [4.78, 5) is 13.6. The van der Waals surface area contributed by atoms with Gasteiger partial charge in [-0.3, -0.25) is 0 Å². The summed E-state index contributed by atoms with van der Waals surface area (Å²) in [5.41, 5.74) is 0. The van der Waals surface area contributed by atoms with Crippen LogP contribution in [0.3, 0.4) is 0 Å². The van der Waals surface area contributed by atoms with Gasteiger partial charge in [-0.25, -0.2) is 0 Å². The molecule has 6 nitrogen and oxygen atoms in total. The van der Waals surface area contributed by atoms with Gasteiger partial charge in [0.2, 0.25) is 5.95 Å². The van der Waals surface area contributed by atoms with E-state index in [0.29, 0.717) is 5.95 Å². The van der Waals surface area contributed by atoms with Gasteiger partial charge in [0.05, 0.1) is 14.2 Å². The number of ether oxygens (including phenoxy) is 2. The predicted octanol–water partition coefficient (Wildman–Crippen LogP) is -0.0452. The second-order valence-electron chi connectivity index (χ2n) is 2.50. The van der Waals surface area contributed by atoms with Crippen LogP contribution in [-0.4, -0.2) is 43.3 Å². The fourth-order valence-electron chi connectivity index (χ4n) is 0.710. The zero-order valence-corrected chi connectivity index (χ0v) is 8.11. The lowest BCUT2D eigenvalue weighted by molar-refractivity contribution is 0.340. The summed E-state index contributed by atoms with van der Waals surface area (Å²) >= 11 is 0. The minimum atomic E-state index is 0.246. The second kappa shape index (κ2) is 3.88. The molecule has 0 saturated heterocycles. The van der Waals surface area contributed by atoms with Gasteiger partial charge in [0.15, 0.2) is 0 Å². The van der Waals surface area contributed by atoms with Gasteiger partial charge in [-0.1, -0.05) is 0 Å². The van der Waals surface area contributed by atoms with Crippen molar-refractivity contribution >= 4 is 5.95 Å². The number of nitrogens with zero attached hydrogens (tertiary/aromatic N) is 4. The van der Waals surface area contributed by atoms with Gasteiger partial charge in [0.1, 0.15) is 0 Å². The van der Waals surface area contributed by atoms with Crippen LogP contribution in [0.2, 0.25) is 0 Å². The fourth-order valence-corrected chi connectivity index (χ4v) is 0.710. The molecule has 0 N–H and O–H groups in total. The first-order valence-corrected chi connectivity index (χ1v) is 3.68. The Hall–Kier alpha value is -1.59. The van der Waals surface area contributed by atoms with Gasteiger partial charge in [0, 0.05) is 14.1 Å². The van der Waals surface area contributed by atoms with Gasteiger partial charge < -0.3 is 14.4 Å². The molecule has 13 heavy (non-hydrogen) atoms. The highest BCUT2D eigenvalue weighted by Gasteiger charge is 2.07. The van der Waals surface area contributed by atoms with Crippen molar-refractivity contribution in [2.45, 2.75) is 0 Å². The first-order chi connectivity index (χ1) is 6.17. The molecule has 1 aromatic heterocycles. The fraction of sp³-hybridized carbons (Fsp3) is 0.571. The van der Waals surface area contributed by atoms with Gasteiger partial charge in [0.25, 0.3) is 0 Å². The van der Waals surface area contributed by atoms with E-state index >= 15 is 0 Å². The Kier molecular flexibility index (Phi) is 2.84. The van der Waals surface area contributed by atoms with Crippen LogP contribution in [0.25, 0.3) is 0 Å². The SMILES string of the molecule is COc1nc(OC)nc(N(C)C)n1. The molecule has 0 saturated carbocycles. The molecule has 0 unspecified atom stereocenters. The van der Waals surface area contributed by atoms with E-state index in [4.69, 9.17) is 9.47 Å². The van der Waals surface area contributed by atoms with Crippen LogP contribution in [0.1, 0.15) is 0 Å². The highest BCUT2D eigenvalue weighted by atomic mass is 16.5. The standard InChI is InChI=1S/C7H12N4O2/c1-11(2)5-8-6(12-3)10-7(9-5)13-4/h1-4H3. The molecular formula is C7H12N4O2. The van der Waals surface area contributed by atoms with E-state index in [1.165, 1.54) is 14.2 Å².